The lowest BCUT2D eigenvalue weighted by molar-refractivity contribution is 0.0712. The number of H-pyrrole nitrogens is 1. The Kier molecular flexibility index (Phi) is 3.46. The molecule has 1 aliphatic carbocycles. The molecule has 0 aromatic carbocycles. The van der Waals surface area contributed by atoms with Crippen molar-refractivity contribution in [1.29, 1.82) is 0 Å². The summed E-state index contributed by atoms with van der Waals surface area (Å²) in [6.07, 6.45) is 3.30. The summed E-state index contributed by atoms with van der Waals surface area (Å²) in [5.74, 6) is 0.660. The number of carbonyl (C=O) groups excluding carboxylic acids is 1. The Labute approximate surface area is 151 Å². The molecule has 2 aliphatic rings. The third kappa shape index (κ3) is 2.62. The molecule has 6 heteroatoms. The van der Waals surface area contributed by atoms with Gasteiger partial charge in [-0.05, 0) is 49.5 Å². The average molecular weight is 359 g/mol. The predicted molar refractivity (Wildman–Crippen MR) is 100 cm³/mol. The van der Waals surface area contributed by atoms with Gasteiger partial charge in [-0.2, -0.15) is 0 Å². The van der Waals surface area contributed by atoms with Crippen molar-refractivity contribution in [2.45, 2.75) is 59.9 Å². The van der Waals surface area contributed by atoms with Crippen LogP contribution in [0.25, 0.3) is 10.2 Å². The fourth-order valence-corrected chi connectivity index (χ4v) is 6.47. The van der Waals surface area contributed by atoms with Crippen LogP contribution in [-0.2, 0) is 0 Å². The monoisotopic (exact) mass is 359 g/mol. The molecule has 2 aromatic heterocycles. The largest absolute Gasteiger partial charge is 0.334 e. The molecule has 2 atom stereocenters. The third-order valence-electron chi connectivity index (χ3n) is 5.79. The van der Waals surface area contributed by atoms with Gasteiger partial charge in [0.1, 0.15) is 10.7 Å². The van der Waals surface area contributed by atoms with Crippen LogP contribution in [0.15, 0.2) is 4.79 Å². The summed E-state index contributed by atoms with van der Waals surface area (Å²) >= 11 is 1.36. The Hall–Kier alpha value is -1.69. The summed E-state index contributed by atoms with van der Waals surface area (Å²) in [6, 6.07) is 0.304. The molecule has 1 saturated heterocycles. The molecule has 134 valence electrons. The van der Waals surface area contributed by atoms with E-state index in [0.717, 1.165) is 31.4 Å². The molecule has 5 nitrogen and oxygen atoms in total. The highest BCUT2D eigenvalue weighted by Crippen LogP contribution is 2.53. The first kappa shape index (κ1) is 16.8. The summed E-state index contributed by atoms with van der Waals surface area (Å²) in [4.78, 5) is 36.2. The van der Waals surface area contributed by atoms with Crippen molar-refractivity contribution in [3.05, 3.63) is 26.6 Å². The number of aromatic amines is 1. The molecule has 1 amide bonds. The average Bonchev–Trinajstić information content (AvgIpc) is 2.91. The molecule has 1 aliphatic heterocycles. The van der Waals surface area contributed by atoms with Gasteiger partial charge in [0, 0.05) is 12.6 Å². The van der Waals surface area contributed by atoms with Gasteiger partial charge in [-0.1, -0.05) is 20.8 Å². The zero-order chi connectivity index (χ0) is 18.1. The first-order chi connectivity index (χ1) is 11.6. The first-order valence-corrected chi connectivity index (χ1v) is 9.71. The molecule has 2 fully saturated rings. The maximum absolute atomic E-state index is 13.3. The van der Waals surface area contributed by atoms with Gasteiger partial charge in [-0.25, -0.2) is 4.98 Å². The molecule has 2 aromatic rings. The lowest BCUT2D eigenvalue weighted by Gasteiger charge is -2.39. The van der Waals surface area contributed by atoms with E-state index in [-0.39, 0.29) is 22.3 Å². The van der Waals surface area contributed by atoms with Gasteiger partial charge in [-0.15, -0.1) is 11.3 Å². The molecule has 4 rings (SSSR count). The topological polar surface area (TPSA) is 66.1 Å². The normalized spacial score (nSPS) is 27.9. The first-order valence-electron chi connectivity index (χ1n) is 8.90. The lowest BCUT2D eigenvalue weighted by atomic mass is 9.65. The third-order valence-corrected chi connectivity index (χ3v) is 6.96. The number of rotatable bonds is 1. The molecule has 1 saturated carbocycles. The highest BCUT2D eigenvalue weighted by Gasteiger charge is 2.51. The van der Waals surface area contributed by atoms with E-state index in [1.165, 1.54) is 11.3 Å². The Morgan fingerprint density at radius 2 is 2.00 bits per heavy atom. The number of nitrogens with zero attached hydrogens (tertiary/aromatic N) is 2. The second kappa shape index (κ2) is 5.16. The van der Waals surface area contributed by atoms with E-state index in [1.54, 1.807) is 6.92 Å². The Morgan fingerprint density at radius 3 is 2.72 bits per heavy atom. The maximum atomic E-state index is 13.3. The Morgan fingerprint density at radius 1 is 1.28 bits per heavy atom. The summed E-state index contributed by atoms with van der Waals surface area (Å²) in [5.41, 5.74) is 1.10. The Balaban J connectivity index is 1.75. The Bertz CT molecular complexity index is 942. The van der Waals surface area contributed by atoms with E-state index in [9.17, 15) is 9.59 Å². The van der Waals surface area contributed by atoms with Crippen LogP contribution < -0.4 is 5.56 Å². The van der Waals surface area contributed by atoms with Gasteiger partial charge in [0.2, 0.25) is 0 Å². The number of amides is 1. The van der Waals surface area contributed by atoms with Crippen molar-refractivity contribution in [2.75, 3.05) is 6.54 Å². The van der Waals surface area contributed by atoms with Crippen molar-refractivity contribution >= 4 is 27.5 Å². The van der Waals surface area contributed by atoms with Gasteiger partial charge >= 0.3 is 0 Å². The molecule has 0 spiro atoms. The zero-order valence-electron chi connectivity index (χ0n) is 15.5. The predicted octanol–water partition coefficient (Wildman–Crippen LogP) is 3.64. The van der Waals surface area contributed by atoms with Gasteiger partial charge in [0.15, 0.2) is 0 Å². The molecule has 25 heavy (non-hydrogen) atoms. The lowest BCUT2D eigenvalue weighted by Crippen LogP contribution is -2.37. The van der Waals surface area contributed by atoms with Gasteiger partial charge in [0.05, 0.1) is 10.3 Å². The fourth-order valence-electron chi connectivity index (χ4n) is 5.28. The molecular weight excluding hydrogens is 334 g/mol. The second-order valence-corrected chi connectivity index (χ2v) is 10.0. The van der Waals surface area contributed by atoms with E-state index < -0.39 is 0 Å². The minimum atomic E-state index is -0.149. The van der Waals surface area contributed by atoms with Gasteiger partial charge in [0.25, 0.3) is 11.5 Å². The highest BCUT2D eigenvalue weighted by molar-refractivity contribution is 7.20. The number of carbonyl (C=O) groups is 1. The molecule has 3 heterocycles. The highest BCUT2D eigenvalue weighted by atomic mass is 32.1. The number of hydrogen-bond donors (Lipinski definition) is 1. The number of aryl methyl sites for hydroxylation is 2. The van der Waals surface area contributed by atoms with Gasteiger partial charge < -0.3 is 9.88 Å². The van der Waals surface area contributed by atoms with E-state index >= 15 is 0 Å². The van der Waals surface area contributed by atoms with Crippen LogP contribution in [0.1, 0.15) is 61.1 Å². The van der Waals surface area contributed by atoms with Crippen molar-refractivity contribution in [3.8, 4) is 0 Å². The molecule has 0 radical (unpaired) electrons. The van der Waals surface area contributed by atoms with E-state index in [4.69, 9.17) is 0 Å². The number of aromatic nitrogens is 2. The molecule has 2 bridgehead atoms. The maximum Gasteiger partial charge on any atom is 0.264 e. The molecule has 2 unspecified atom stereocenters. The van der Waals surface area contributed by atoms with Crippen molar-refractivity contribution < 1.29 is 4.79 Å². The van der Waals surface area contributed by atoms with Crippen LogP contribution in [0.5, 0.6) is 0 Å². The number of thiophene rings is 1. The number of nitrogens with one attached hydrogen (secondary N) is 1. The summed E-state index contributed by atoms with van der Waals surface area (Å²) in [6.45, 7) is 11.4. The van der Waals surface area contributed by atoms with Crippen LogP contribution in [0.3, 0.4) is 0 Å². The summed E-state index contributed by atoms with van der Waals surface area (Å²) in [5, 5.41) is 0.563. The standard InChI is InChI=1S/C19H25N3O2S/c1-10-13-15(23)20-11(2)21-16(13)25-14(10)17(24)22-9-19(5)7-12(22)6-18(3,4)8-19/h12H,6-9H2,1-5H3,(H,20,21,23). The smallest absolute Gasteiger partial charge is 0.264 e. The number of hydrogen-bond acceptors (Lipinski definition) is 4. The zero-order valence-corrected chi connectivity index (χ0v) is 16.3. The number of fused-ring (bicyclic) bond motifs is 3. The molecule has 1 N–H and O–H groups in total. The molecular formula is C19H25N3O2S. The van der Waals surface area contributed by atoms with Crippen LogP contribution in [-0.4, -0.2) is 33.4 Å². The van der Waals surface area contributed by atoms with E-state index in [2.05, 4.69) is 35.6 Å². The second-order valence-electron chi connectivity index (χ2n) is 9.03. The van der Waals surface area contributed by atoms with Crippen LogP contribution in [0.2, 0.25) is 0 Å². The van der Waals surface area contributed by atoms with E-state index in [0.29, 0.717) is 27.0 Å². The minimum Gasteiger partial charge on any atom is -0.334 e. The fraction of sp³-hybridized carbons (Fsp3) is 0.632. The van der Waals surface area contributed by atoms with Crippen LogP contribution in [0, 0.1) is 24.7 Å². The van der Waals surface area contributed by atoms with Crippen molar-refractivity contribution in [3.63, 3.8) is 0 Å². The number of likely N-dealkylation sites (tertiary alicyclic amines) is 1. The van der Waals surface area contributed by atoms with Crippen LogP contribution >= 0.6 is 11.3 Å². The van der Waals surface area contributed by atoms with Crippen molar-refractivity contribution in [1.82, 2.24) is 14.9 Å². The van der Waals surface area contributed by atoms with Crippen molar-refractivity contribution in [2.24, 2.45) is 10.8 Å². The summed E-state index contributed by atoms with van der Waals surface area (Å²) in [7, 11) is 0. The van der Waals surface area contributed by atoms with Gasteiger partial charge in [-0.3, -0.25) is 9.59 Å². The quantitative estimate of drug-likeness (QED) is 0.845. The van der Waals surface area contributed by atoms with E-state index in [1.807, 2.05) is 6.92 Å². The SMILES string of the molecule is Cc1nc2sc(C(=O)N3CC4(C)CC3CC(C)(C)C4)c(C)c2c(=O)[nH]1. The summed E-state index contributed by atoms with van der Waals surface area (Å²) < 4.78 is 0. The van der Waals surface area contributed by atoms with Crippen LogP contribution in [0.4, 0.5) is 0 Å². The minimum absolute atomic E-state index is 0.0731.